The smallest absolute Gasteiger partial charge is 0.217 e. The fourth-order valence-corrected chi connectivity index (χ4v) is 2.87. The molecular formula is C20H25ClN2O2. The molecule has 0 radical (unpaired) electrons. The van der Waals surface area contributed by atoms with Crippen molar-refractivity contribution in [3.8, 4) is 5.75 Å². The standard InChI is InChI=1S/C20H25ClN2O2/c1-4-25-19-10-8-17(20(21)12-19)11-18-9-7-16(13-22-18)6-5-14(2)23-15(3)24/h7-10,12-14H,4-6,11H2,1-3H3,(H,23,24)/t14-/m0/s1. The molecule has 1 aromatic carbocycles. The van der Waals surface area contributed by atoms with Crippen LogP contribution in [0.5, 0.6) is 5.75 Å². The first-order valence-corrected chi connectivity index (χ1v) is 8.98. The van der Waals surface area contributed by atoms with E-state index in [1.165, 1.54) is 5.56 Å². The number of aromatic nitrogens is 1. The van der Waals surface area contributed by atoms with Crippen molar-refractivity contribution >= 4 is 17.5 Å². The van der Waals surface area contributed by atoms with E-state index in [0.717, 1.165) is 29.8 Å². The Balaban J connectivity index is 1.93. The summed E-state index contributed by atoms with van der Waals surface area (Å²) in [5, 5.41) is 3.59. The number of ether oxygens (including phenoxy) is 1. The molecule has 0 saturated carbocycles. The maximum Gasteiger partial charge on any atom is 0.217 e. The largest absolute Gasteiger partial charge is 0.494 e. The van der Waals surface area contributed by atoms with Gasteiger partial charge in [-0.05, 0) is 56.0 Å². The van der Waals surface area contributed by atoms with Gasteiger partial charge in [-0.25, -0.2) is 0 Å². The number of aryl methyl sites for hydroxylation is 1. The van der Waals surface area contributed by atoms with Gasteiger partial charge in [0, 0.05) is 36.3 Å². The highest BCUT2D eigenvalue weighted by atomic mass is 35.5. The third kappa shape index (κ3) is 6.39. The second-order valence-electron chi connectivity index (χ2n) is 6.16. The lowest BCUT2D eigenvalue weighted by atomic mass is 10.1. The Morgan fingerprint density at radius 1 is 1.32 bits per heavy atom. The second kappa shape index (κ2) is 9.42. The molecule has 25 heavy (non-hydrogen) atoms. The number of hydrogen-bond donors (Lipinski definition) is 1. The number of carbonyl (C=O) groups is 1. The highest BCUT2D eigenvalue weighted by Gasteiger charge is 2.07. The minimum absolute atomic E-state index is 0.00760. The van der Waals surface area contributed by atoms with Gasteiger partial charge >= 0.3 is 0 Å². The van der Waals surface area contributed by atoms with E-state index in [-0.39, 0.29) is 11.9 Å². The molecule has 0 unspecified atom stereocenters. The molecule has 0 fully saturated rings. The summed E-state index contributed by atoms with van der Waals surface area (Å²) in [6, 6.07) is 10.1. The Labute approximate surface area is 154 Å². The molecule has 2 rings (SSSR count). The summed E-state index contributed by atoms with van der Waals surface area (Å²) in [7, 11) is 0. The van der Waals surface area contributed by atoms with Crippen LogP contribution in [0.1, 0.15) is 44.0 Å². The molecule has 2 aromatic rings. The highest BCUT2D eigenvalue weighted by Crippen LogP contribution is 2.24. The van der Waals surface area contributed by atoms with Gasteiger partial charge in [-0.1, -0.05) is 23.7 Å². The van der Waals surface area contributed by atoms with Crippen LogP contribution in [0.4, 0.5) is 0 Å². The van der Waals surface area contributed by atoms with E-state index in [1.807, 2.05) is 44.3 Å². The number of carbonyl (C=O) groups excluding carboxylic acids is 1. The maximum atomic E-state index is 11.0. The van der Waals surface area contributed by atoms with Gasteiger partial charge in [-0.2, -0.15) is 0 Å². The number of rotatable bonds is 8. The lowest BCUT2D eigenvalue weighted by Crippen LogP contribution is -2.30. The number of nitrogens with one attached hydrogen (secondary N) is 1. The van der Waals surface area contributed by atoms with Crippen molar-refractivity contribution in [3.63, 3.8) is 0 Å². The van der Waals surface area contributed by atoms with Gasteiger partial charge in [-0.15, -0.1) is 0 Å². The van der Waals surface area contributed by atoms with Crippen LogP contribution in [0.15, 0.2) is 36.5 Å². The fraction of sp³-hybridized carbons (Fsp3) is 0.400. The average Bonchev–Trinajstić information content (AvgIpc) is 2.56. The van der Waals surface area contributed by atoms with Crippen LogP contribution in [0.2, 0.25) is 5.02 Å². The molecule has 1 aromatic heterocycles. The van der Waals surface area contributed by atoms with Crippen molar-refractivity contribution < 1.29 is 9.53 Å². The fourth-order valence-electron chi connectivity index (χ4n) is 2.63. The molecule has 4 nitrogen and oxygen atoms in total. The minimum atomic E-state index is 0.00760. The van der Waals surface area contributed by atoms with Gasteiger partial charge < -0.3 is 10.1 Å². The molecule has 134 valence electrons. The Kier molecular flexibility index (Phi) is 7.26. The quantitative estimate of drug-likeness (QED) is 0.768. The van der Waals surface area contributed by atoms with Crippen molar-refractivity contribution in [1.29, 1.82) is 0 Å². The van der Waals surface area contributed by atoms with Crippen molar-refractivity contribution in [2.24, 2.45) is 0 Å². The Bertz CT molecular complexity index is 701. The first-order chi connectivity index (χ1) is 12.0. The van der Waals surface area contributed by atoms with Gasteiger partial charge in [0.2, 0.25) is 5.91 Å². The van der Waals surface area contributed by atoms with Crippen LogP contribution in [0.25, 0.3) is 0 Å². The monoisotopic (exact) mass is 360 g/mol. The predicted molar refractivity (Wildman–Crippen MR) is 101 cm³/mol. The third-order valence-electron chi connectivity index (χ3n) is 3.91. The second-order valence-corrected chi connectivity index (χ2v) is 6.57. The average molecular weight is 361 g/mol. The van der Waals surface area contributed by atoms with Gasteiger partial charge in [0.15, 0.2) is 0 Å². The summed E-state index contributed by atoms with van der Waals surface area (Å²) in [6.07, 6.45) is 4.37. The van der Waals surface area contributed by atoms with Crippen LogP contribution in [0, 0.1) is 0 Å². The molecule has 0 aliphatic rings. The molecule has 0 aliphatic carbocycles. The van der Waals surface area contributed by atoms with E-state index in [1.54, 1.807) is 6.92 Å². The lowest BCUT2D eigenvalue weighted by Gasteiger charge is -2.12. The van der Waals surface area contributed by atoms with Gasteiger partial charge in [-0.3, -0.25) is 9.78 Å². The normalized spacial score (nSPS) is 11.8. The summed E-state index contributed by atoms with van der Waals surface area (Å²) >= 11 is 6.33. The van der Waals surface area contributed by atoms with E-state index in [2.05, 4.69) is 16.4 Å². The third-order valence-corrected chi connectivity index (χ3v) is 4.26. The van der Waals surface area contributed by atoms with Gasteiger partial charge in [0.1, 0.15) is 5.75 Å². The molecule has 5 heteroatoms. The molecule has 1 atom stereocenters. The molecule has 0 bridgehead atoms. The Morgan fingerprint density at radius 2 is 2.12 bits per heavy atom. The Hall–Kier alpha value is -2.07. The van der Waals surface area contributed by atoms with Crippen LogP contribution >= 0.6 is 11.6 Å². The molecule has 1 N–H and O–H groups in total. The summed E-state index contributed by atoms with van der Waals surface area (Å²) in [5.41, 5.74) is 3.17. The summed E-state index contributed by atoms with van der Waals surface area (Å²) in [4.78, 5) is 15.6. The number of amides is 1. The Morgan fingerprint density at radius 3 is 2.72 bits per heavy atom. The first kappa shape index (κ1) is 19.3. The summed E-state index contributed by atoms with van der Waals surface area (Å²) in [5.74, 6) is 0.793. The van der Waals surface area contributed by atoms with Crippen molar-refractivity contribution in [3.05, 3.63) is 58.4 Å². The number of nitrogens with zero attached hydrogens (tertiary/aromatic N) is 1. The summed E-state index contributed by atoms with van der Waals surface area (Å²) in [6.45, 7) is 6.12. The van der Waals surface area contributed by atoms with Gasteiger partial charge in [0.25, 0.3) is 0 Å². The number of benzene rings is 1. The van der Waals surface area contributed by atoms with Crippen molar-refractivity contribution in [1.82, 2.24) is 10.3 Å². The molecule has 1 amide bonds. The highest BCUT2D eigenvalue weighted by molar-refractivity contribution is 6.31. The zero-order chi connectivity index (χ0) is 18.2. The minimum Gasteiger partial charge on any atom is -0.494 e. The van der Waals surface area contributed by atoms with E-state index in [0.29, 0.717) is 18.1 Å². The molecule has 0 saturated heterocycles. The van der Waals surface area contributed by atoms with Crippen LogP contribution < -0.4 is 10.1 Å². The zero-order valence-corrected chi connectivity index (χ0v) is 15.8. The predicted octanol–water partition coefficient (Wildman–Crippen LogP) is 4.18. The van der Waals surface area contributed by atoms with Crippen molar-refractivity contribution in [2.75, 3.05) is 6.61 Å². The van der Waals surface area contributed by atoms with E-state index >= 15 is 0 Å². The molecule has 0 aliphatic heterocycles. The van der Waals surface area contributed by atoms with Gasteiger partial charge in [0.05, 0.1) is 6.61 Å². The van der Waals surface area contributed by atoms with Crippen molar-refractivity contribution in [2.45, 2.75) is 46.1 Å². The lowest BCUT2D eigenvalue weighted by molar-refractivity contribution is -0.119. The zero-order valence-electron chi connectivity index (χ0n) is 15.0. The molecule has 1 heterocycles. The number of hydrogen-bond acceptors (Lipinski definition) is 3. The van der Waals surface area contributed by atoms with Crippen LogP contribution in [-0.2, 0) is 17.6 Å². The van der Waals surface area contributed by atoms with E-state index in [4.69, 9.17) is 16.3 Å². The number of pyridine rings is 1. The summed E-state index contributed by atoms with van der Waals surface area (Å²) < 4.78 is 5.45. The molecule has 0 spiro atoms. The first-order valence-electron chi connectivity index (χ1n) is 8.60. The SMILES string of the molecule is CCOc1ccc(Cc2ccc(CC[C@H](C)NC(C)=O)cn2)c(Cl)c1. The number of halogens is 1. The molecular weight excluding hydrogens is 336 g/mol. The van der Waals surface area contributed by atoms with Crippen LogP contribution in [0.3, 0.4) is 0 Å². The van der Waals surface area contributed by atoms with E-state index in [9.17, 15) is 4.79 Å². The van der Waals surface area contributed by atoms with E-state index < -0.39 is 0 Å². The van der Waals surface area contributed by atoms with Crippen LogP contribution in [-0.4, -0.2) is 23.5 Å². The topological polar surface area (TPSA) is 51.2 Å². The maximum absolute atomic E-state index is 11.0.